The molecule has 10 heteroatoms. The minimum Gasteiger partial charge on any atom is -0.493 e. The highest BCUT2D eigenvalue weighted by Gasteiger charge is 2.32. The van der Waals surface area contributed by atoms with E-state index in [1.807, 2.05) is 51.1 Å². The number of nitrogens with zero attached hydrogens (tertiary/aromatic N) is 2. The highest BCUT2D eigenvalue weighted by atomic mass is 32.2. The Kier molecular flexibility index (Phi) is 11.2. The van der Waals surface area contributed by atoms with Crippen LogP contribution in [0.5, 0.6) is 11.5 Å². The van der Waals surface area contributed by atoms with E-state index in [4.69, 9.17) is 9.47 Å². The topological polar surface area (TPSA) is 105 Å². The maximum absolute atomic E-state index is 13.7. The molecule has 9 nitrogen and oxygen atoms in total. The lowest BCUT2D eigenvalue weighted by Gasteiger charge is -2.33. The van der Waals surface area contributed by atoms with Crippen LogP contribution >= 0.6 is 0 Å². The Labute approximate surface area is 220 Å². The molecule has 0 fully saturated rings. The standard InChI is InChI=1S/C27H39N3O6S/c1-7-20(3)28-27(32)23(8-2)29(17-16-21-12-10-9-11-13-21)26(31)19-30(37(6,33)34)22-14-15-24(35-4)25(18-22)36-5/h9-15,18,20,23H,7-8,16-17,19H2,1-6H3,(H,28,32)/t20-,23-/m1/s1. The largest absolute Gasteiger partial charge is 0.493 e. The van der Waals surface area contributed by atoms with Gasteiger partial charge in [0.2, 0.25) is 21.8 Å². The lowest BCUT2D eigenvalue weighted by atomic mass is 10.1. The van der Waals surface area contributed by atoms with Gasteiger partial charge < -0.3 is 19.7 Å². The third-order valence-electron chi connectivity index (χ3n) is 6.21. The van der Waals surface area contributed by atoms with Gasteiger partial charge in [-0.3, -0.25) is 13.9 Å². The summed E-state index contributed by atoms with van der Waals surface area (Å²) in [6.45, 7) is 5.52. The lowest BCUT2D eigenvalue weighted by molar-refractivity contribution is -0.139. The van der Waals surface area contributed by atoms with Crippen LogP contribution in [0.1, 0.15) is 39.2 Å². The number of carbonyl (C=O) groups is 2. The van der Waals surface area contributed by atoms with Gasteiger partial charge >= 0.3 is 0 Å². The summed E-state index contributed by atoms with van der Waals surface area (Å²) in [5.74, 6) is 0.0438. The van der Waals surface area contributed by atoms with Crippen molar-refractivity contribution in [1.29, 1.82) is 0 Å². The Hall–Kier alpha value is -3.27. The number of hydrogen-bond donors (Lipinski definition) is 1. The molecule has 0 spiro atoms. The quantitative estimate of drug-likeness (QED) is 0.400. The minimum absolute atomic E-state index is 0.0492. The van der Waals surface area contributed by atoms with Crippen LogP contribution in [0.2, 0.25) is 0 Å². The van der Waals surface area contributed by atoms with E-state index in [9.17, 15) is 18.0 Å². The van der Waals surface area contributed by atoms with Gasteiger partial charge in [-0.25, -0.2) is 8.42 Å². The van der Waals surface area contributed by atoms with Gasteiger partial charge in [0.1, 0.15) is 12.6 Å². The Morgan fingerprint density at radius 3 is 2.16 bits per heavy atom. The predicted molar refractivity (Wildman–Crippen MR) is 146 cm³/mol. The van der Waals surface area contributed by atoms with Crippen LogP contribution in [0.15, 0.2) is 48.5 Å². The molecule has 0 saturated heterocycles. The normalized spacial score (nSPS) is 12.8. The number of ether oxygens (including phenoxy) is 2. The van der Waals surface area contributed by atoms with Gasteiger partial charge in [0.25, 0.3) is 0 Å². The van der Waals surface area contributed by atoms with Crippen molar-refractivity contribution >= 4 is 27.5 Å². The van der Waals surface area contributed by atoms with E-state index < -0.39 is 28.5 Å². The summed E-state index contributed by atoms with van der Waals surface area (Å²) >= 11 is 0. The molecule has 0 saturated carbocycles. The molecule has 1 N–H and O–H groups in total. The molecule has 204 valence electrons. The number of amides is 2. The summed E-state index contributed by atoms with van der Waals surface area (Å²) in [6, 6.07) is 13.5. The van der Waals surface area contributed by atoms with Crippen LogP contribution in [0.4, 0.5) is 5.69 Å². The van der Waals surface area contributed by atoms with E-state index in [0.29, 0.717) is 24.3 Å². The highest BCUT2D eigenvalue weighted by Crippen LogP contribution is 2.32. The predicted octanol–water partition coefficient (Wildman–Crippen LogP) is 3.23. The van der Waals surface area contributed by atoms with Crippen LogP contribution in [0.3, 0.4) is 0 Å². The van der Waals surface area contributed by atoms with Crippen LogP contribution in [-0.2, 0) is 26.0 Å². The average molecular weight is 534 g/mol. The van der Waals surface area contributed by atoms with Gasteiger partial charge in [0.05, 0.1) is 26.2 Å². The van der Waals surface area contributed by atoms with Crippen molar-refractivity contribution < 1.29 is 27.5 Å². The molecule has 0 aliphatic rings. The van der Waals surface area contributed by atoms with Crippen LogP contribution < -0.4 is 19.1 Å². The van der Waals surface area contributed by atoms with Crippen molar-refractivity contribution in [3.8, 4) is 11.5 Å². The minimum atomic E-state index is -3.84. The van der Waals surface area contributed by atoms with Gasteiger partial charge in [0.15, 0.2) is 11.5 Å². The van der Waals surface area contributed by atoms with Crippen molar-refractivity contribution in [2.24, 2.45) is 0 Å². The zero-order valence-corrected chi connectivity index (χ0v) is 23.4. The monoisotopic (exact) mass is 533 g/mol. The third kappa shape index (κ3) is 8.38. The van der Waals surface area contributed by atoms with E-state index in [1.165, 1.54) is 25.2 Å². The summed E-state index contributed by atoms with van der Waals surface area (Å²) in [5, 5.41) is 2.96. The second kappa shape index (κ2) is 13.9. The van der Waals surface area contributed by atoms with E-state index >= 15 is 0 Å². The first-order chi connectivity index (χ1) is 17.5. The van der Waals surface area contributed by atoms with Gasteiger partial charge in [0, 0.05) is 18.7 Å². The molecule has 2 aromatic carbocycles. The van der Waals surface area contributed by atoms with Crippen LogP contribution in [0, 0.1) is 0 Å². The van der Waals surface area contributed by atoms with Gasteiger partial charge in [-0.05, 0) is 43.9 Å². The molecule has 0 aromatic heterocycles. The summed E-state index contributed by atoms with van der Waals surface area (Å²) in [5.41, 5.74) is 1.27. The molecule has 2 aromatic rings. The second-order valence-electron chi connectivity index (χ2n) is 8.87. The van der Waals surface area contributed by atoms with Crippen molar-refractivity contribution in [3.05, 3.63) is 54.1 Å². The summed E-state index contributed by atoms with van der Waals surface area (Å²) < 4.78 is 37.2. The molecule has 0 heterocycles. The molecule has 0 aliphatic carbocycles. The van der Waals surface area contributed by atoms with E-state index in [-0.39, 0.29) is 24.2 Å². The summed E-state index contributed by atoms with van der Waals surface area (Å²) in [4.78, 5) is 28.3. The number of sulfonamides is 1. The maximum atomic E-state index is 13.7. The molecule has 37 heavy (non-hydrogen) atoms. The number of nitrogens with one attached hydrogen (secondary N) is 1. The van der Waals surface area contributed by atoms with Crippen LogP contribution in [-0.4, -0.2) is 70.8 Å². The zero-order chi connectivity index (χ0) is 27.6. The SMILES string of the molecule is CC[C@@H](C)NC(=O)[C@@H](CC)N(CCc1ccccc1)C(=O)CN(c1ccc(OC)c(OC)c1)S(C)(=O)=O. The molecule has 0 bridgehead atoms. The van der Waals surface area contributed by atoms with E-state index in [0.717, 1.165) is 22.5 Å². The van der Waals surface area contributed by atoms with Crippen molar-refractivity contribution in [3.63, 3.8) is 0 Å². The van der Waals surface area contributed by atoms with E-state index in [2.05, 4.69) is 5.32 Å². The average Bonchev–Trinajstić information content (AvgIpc) is 2.88. The zero-order valence-electron chi connectivity index (χ0n) is 22.6. The molecule has 2 amide bonds. The van der Waals surface area contributed by atoms with Gasteiger partial charge in [-0.1, -0.05) is 44.2 Å². The Morgan fingerprint density at radius 1 is 0.973 bits per heavy atom. The number of methoxy groups -OCH3 is 2. The fourth-order valence-electron chi connectivity index (χ4n) is 3.93. The highest BCUT2D eigenvalue weighted by molar-refractivity contribution is 7.92. The number of hydrogen-bond acceptors (Lipinski definition) is 6. The molecule has 2 rings (SSSR count). The number of benzene rings is 2. The number of carbonyl (C=O) groups excluding carboxylic acids is 2. The van der Waals surface area contributed by atoms with Gasteiger partial charge in [-0.2, -0.15) is 0 Å². The lowest BCUT2D eigenvalue weighted by Crippen LogP contribution is -2.54. The molecule has 0 aliphatic heterocycles. The summed E-state index contributed by atoms with van der Waals surface area (Å²) in [6.07, 6.45) is 2.70. The third-order valence-corrected chi connectivity index (χ3v) is 7.35. The van der Waals surface area contributed by atoms with Gasteiger partial charge in [-0.15, -0.1) is 0 Å². The molecular formula is C27H39N3O6S. The van der Waals surface area contributed by atoms with Crippen molar-refractivity contribution in [2.75, 3.05) is 37.9 Å². The van der Waals surface area contributed by atoms with Crippen molar-refractivity contribution in [2.45, 2.75) is 52.1 Å². The van der Waals surface area contributed by atoms with Crippen molar-refractivity contribution in [1.82, 2.24) is 10.2 Å². The molecule has 0 radical (unpaired) electrons. The van der Waals surface area contributed by atoms with Crippen LogP contribution in [0.25, 0.3) is 0 Å². The smallest absolute Gasteiger partial charge is 0.244 e. The number of anilines is 1. The number of rotatable bonds is 14. The fraction of sp³-hybridized carbons (Fsp3) is 0.481. The first-order valence-electron chi connectivity index (χ1n) is 12.4. The Morgan fingerprint density at radius 2 is 1.62 bits per heavy atom. The molecule has 0 unspecified atom stereocenters. The Balaban J connectivity index is 2.41. The first kappa shape index (κ1) is 30.0. The summed E-state index contributed by atoms with van der Waals surface area (Å²) in [7, 11) is -0.914. The first-order valence-corrected chi connectivity index (χ1v) is 14.2. The fourth-order valence-corrected chi connectivity index (χ4v) is 4.77. The van der Waals surface area contributed by atoms with E-state index in [1.54, 1.807) is 12.1 Å². The maximum Gasteiger partial charge on any atom is 0.244 e. The molecular weight excluding hydrogens is 494 g/mol. The second-order valence-corrected chi connectivity index (χ2v) is 10.8. The Bertz CT molecular complexity index is 1140. The molecule has 2 atom stereocenters.